The number of fused-ring (bicyclic) bond motifs is 2. The number of anilines is 3. The third kappa shape index (κ3) is 3.02. The van der Waals surface area contributed by atoms with Gasteiger partial charge in [0.15, 0.2) is 0 Å². The van der Waals surface area contributed by atoms with E-state index in [4.69, 9.17) is 20.4 Å². The monoisotopic (exact) mass is 438 g/mol. The first-order valence-electron chi connectivity index (χ1n) is 11.1. The van der Waals surface area contributed by atoms with Gasteiger partial charge in [0.05, 0.1) is 24.9 Å². The molecule has 0 radical (unpaired) electrons. The van der Waals surface area contributed by atoms with Crippen LogP contribution in [0.3, 0.4) is 0 Å². The summed E-state index contributed by atoms with van der Waals surface area (Å²) in [6, 6.07) is 0.517. The molecule has 2 aromatic rings. The van der Waals surface area contributed by atoms with E-state index in [9.17, 15) is 9.90 Å². The standard InChI is InChI=1S/C21H26N8O3/c1-11-10-32-5-4-28(11)20-25-16(12-6-23-19(22)24-7-12)13-2-3-29(18(13)26-20)17-14-8-27(21(30)31)9-15(14)17/h6-7,11,14-15,17H,2-5,8-10H2,1H3,(H,30,31)(H2,22,23,24)/t11-,14-,15+,17-/m0/s1. The van der Waals surface area contributed by atoms with E-state index in [1.54, 1.807) is 12.4 Å². The molecule has 1 aliphatic carbocycles. The molecule has 6 rings (SSSR count). The highest BCUT2D eigenvalue weighted by Crippen LogP contribution is 2.52. The molecule has 3 aliphatic heterocycles. The van der Waals surface area contributed by atoms with Crippen LogP contribution < -0.4 is 15.5 Å². The number of carbonyl (C=O) groups is 1. The lowest BCUT2D eigenvalue weighted by Gasteiger charge is -2.34. The van der Waals surface area contributed by atoms with E-state index in [-0.39, 0.29) is 12.0 Å². The van der Waals surface area contributed by atoms with Gasteiger partial charge in [0, 0.05) is 67.6 Å². The van der Waals surface area contributed by atoms with Crippen LogP contribution in [0.5, 0.6) is 0 Å². The molecule has 4 atom stereocenters. The minimum absolute atomic E-state index is 0.177. The number of nitrogens with zero attached hydrogens (tertiary/aromatic N) is 7. The van der Waals surface area contributed by atoms with Crippen molar-refractivity contribution >= 4 is 23.8 Å². The molecule has 3 N–H and O–H groups in total. The molecular weight excluding hydrogens is 412 g/mol. The number of likely N-dealkylation sites (tertiary alicyclic amines) is 1. The normalized spacial score (nSPS) is 28.6. The summed E-state index contributed by atoms with van der Waals surface area (Å²) in [6.45, 7) is 6.21. The van der Waals surface area contributed by atoms with Gasteiger partial charge < -0.3 is 30.3 Å². The van der Waals surface area contributed by atoms with E-state index in [1.165, 1.54) is 4.90 Å². The van der Waals surface area contributed by atoms with Crippen LogP contribution in [0.25, 0.3) is 11.3 Å². The van der Waals surface area contributed by atoms with Crippen LogP contribution in [0.4, 0.5) is 22.5 Å². The van der Waals surface area contributed by atoms with Crippen molar-refractivity contribution in [1.82, 2.24) is 24.8 Å². The van der Waals surface area contributed by atoms with Gasteiger partial charge in [-0.2, -0.15) is 4.98 Å². The first-order chi connectivity index (χ1) is 15.5. The molecule has 0 aromatic carbocycles. The summed E-state index contributed by atoms with van der Waals surface area (Å²) < 4.78 is 5.61. The first kappa shape index (κ1) is 19.5. The molecule has 11 heteroatoms. The second-order valence-electron chi connectivity index (χ2n) is 9.07. The van der Waals surface area contributed by atoms with Crippen molar-refractivity contribution < 1.29 is 14.6 Å². The maximum atomic E-state index is 11.3. The maximum Gasteiger partial charge on any atom is 0.407 e. The summed E-state index contributed by atoms with van der Waals surface area (Å²) in [4.78, 5) is 35.8. The zero-order valence-electron chi connectivity index (χ0n) is 17.9. The number of rotatable bonds is 3. The number of aromatic nitrogens is 4. The predicted molar refractivity (Wildman–Crippen MR) is 117 cm³/mol. The third-order valence-electron chi connectivity index (χ3n) is 7.20. The fourth-order valence-electron chi connectivity index (χ4n) is 5.52. The smallest absolute Gasteiger partial charge is 0.407 e. The van der Waals surface area contributed by atoms with Gasteiger partial charge in [-0.1, -0.05) is 0 Å². The van der Waals surface area contributed by atoms with E-state index in [0.29, 0.717) is 50.1 Å². The van der Waals surface area contributed by atoms with Gasteiger partial charge in [0.25, 0.3) is 0 Å². The lowest BCUT2D eigenvalue weighted by atomic mass is 10.1. The van der Waals surface area contributed by atoms with Crippen LogP contribution in [0.1, 0.15) is 12.5 Å². The van der Waals surface area contributed by atoms with Gasteiger partial charge in [0.2, 0.25) is 11.9 Å². The Bertz CT molecular complexity index is 1050. The Morgan fingerprint density at radius 3 is 2.59 bits per heavy atom. The minimum atomic E-state index is -0.825. The Morgan fingerprint density at radius 1 is 1.16 bits per heavy atom. The largest absolute Gasteiger partial charge is 0.465 e. The zero-order valence-corrected chi connectivity index (χ0v) is 17.9. The zero-order chi connectivity index (χ0) is 22.0. The van der Waals surface area contributed by atoms with Gasteiger partial charge in [-0.15, -0.1) is 0 Å². The highest BCUT2D eigenvalue weighted by atomic mass is 16.5. The number of piperidine rings is 1. The predicted octanol–water partition coefficient (Wildman–Crippen LogP) is 0.712. The number of nitrogen functional groups attached to an aromatic ring is 1. The van der Waals surface area contributed by atoms with Crippen molar-refractivity contribution in [1.29, 1.82) is 0 Å². The highest BCUT2D eigenvalue weighted by Gasteiger charge is 2.60. The Kier molecular flexibility index (Phi) is 4.36. The topological polar surface area (TPSA) is 134 Å². The van der Waals surface area contributed by atoms with Crippen LogP contribution in [-0.2, 0) is 11.2 Å². The lowest BCUT2D eigenvalue weighted by Crippen LogP contribution is -2.44. The van der Waals surface area contributed by atoms with Gasteiger partial charge >= 0.3 is 6.09 Å². The van der Waals surface area contributed by atoms with E-state index < -0.39 is 6.09 Å². The van der Waals surface area contributed by atoms with Gasteiger partial charge in [0.1, 0.15) is 5.82 Å². The SMILES string of the molecule is C[C@H]1COCCN1c1nc(-c2cnc(N)nc2)c2c(n1)N([C@@H]1[C@@H]3CN(C(=O)O)C[C@@H]31)CC2. The molecular formula is C21H26N8O3. The summed E-state index contributed by atoms with van der Waals surface area (Å²) in [7, 11) is 0. The van der Waals surface area contributed by atoms with Gasteiger partial charge in [-0.3, -0.25) is 0 Å². The maximum absolute atomic E-state index is 11.3. The van der Waals surface area contributed by atoms with Crippen molar-refractivity contribution in [2.45, 2.75) is 25.4 Å². The Morgan fingerprint density at radius 2 is 1.91 bits per heavy atom. The Labute approximate surface area is 185 Å². The molecule has 5 heterocycles. The van der Waals surface area contributed by atoms with Crippen LogP contribution in [0.2, 0.25) is 0 Å². The van der Waals surface area contributed by atoms with Crippen LogP contribution in [-0.4, -0.2) is 87.5 Å². The molecule has 3 fully saturated rings. The minimum Gasteiger partial charge on any atom is -0.465 e. The lowest BCUT2D eigenvalue weighted by molar-refractivity contribution is 0.0981. The number of hydrogen-bond donors (Lipinski definition) is 2. The Hall–Kier alpha value is -3.21. The summed E-state index contributed by atoms with van der Waals surface area (Å²) in [5.41, 5.74) is 8.49. The molecule has 0 spiro atoms. The van der Waals surface area contributed by atoms with Crippen LogP contribution in [0.15, 0.2) is 12.4 Å². The number of ether oxygens (including phenoxy) is 1. The molecule has 168 valence electrons. The highest BCUT2D eigenvalue weighted by molar-refractivity contribution is 5.73. The molecule has 2 aromatic heterocycles. The fourth-order valence-corrected chi connectivity index (χ4v) is 5.52. The molecule has 11 nitrogen and oxygen atoms in total. The van der Waals surface area contributed by atoms with Crippen LogP contribution in [0, 0.1) is 11.8 Å². The molecule has 0 bridgehead atoms. The number of nitrogens with two attached hydrogens (primary N) is 1. The Balaban J connectivity index is 1.38. The van der Waals surface area contributed by atoms with E-state index >= 15 is 0 Å². The average Bonchev–Trinajstić information content (AvgIpc) is 3.13. The van der Waals surface area contributed by atoms with Crippen LogP contribution >= 0.6 is 0 Å². The van der Waals surface area contributed by atoms with Gasteiger partial charge in [-0.25, -0.2) is 19.7 Å². The van der Waals surface area contributed by atoms with Crippen molar-refractivity contribution in [2.75, 3.05) is 54.9 Å². The molecule has 0 unspecified atom stereocenters. The van der Waals surface area contributed by atoms with Crippen molar-refractivity contribution in [2.24, 2.45) is 11.8 Å². The molecule has 1 amide bonds. The number of amides is 1. The molecule has 32 heavy (non-hydrogen) atoms. The van der Waals surface area contributed by atoms with Gasteiger partial charge in [-0.05, 0) is 13.3 Å². The van der Waals surface area contributed by atoms with E-state index in [2.05, 4.69) is 26.7 Å². The quantitative estimate of drug-likeness (QED) is 0.706. The molecule has 2 saturated heterocycles. The van der Waals surface area contributed by atoms with E-state index in [0.717, 1.165) is 42.1 Å². The summed E-state index contributed by atoms with van der Waals surface area (Å²) in [5, 5.41) is 9.30. The average molecular weight is 438 g/mol. The number of hydrogen-bond acceptors (Lipinski definition) is 9. The van der Waals surface area contributed by atoms with Crippen molar-refractivity contribution in [3.8, 4) is 11.3 Å². The second-order valence-corrected chi connectivity index (χ2v) is 9.07. The first-order valence-corrected chi connectivity index (χ1v) is 11.1. The third-order valence-corrected chi connectivity index (χ3v) is 7.20. The summed E-state index contributed by atoms with van der Waals surface area (Å²) in [6.07, 6.45) is 3.45. The van der Waals surface area contributed by atoms with Crippen molar-refractivity contribution in [3.63, 3.8) is 0 Å². The number of morpholine rings is 1. The second kappa shape index (κ2) is 7.16. The molecule has 1 saturated carbocycles. The van der Waals surface area contributed by atoms with E-state index in [1.807, 2.05) is 0 Å². The number of carboxylic acid groups (broad SMARTS) is 1. The fraction of sp³-hybridized carbons (Fsp3) is 0.571. The summed E-state index contributed by atoms with van der Waals surface area (Å²) >= 11 is 0. The van der Waals surface area contributed by atoms with Crippen molar-refractivity contribution in [3.05, 3.63) is 18.0 Å². The molecule has 4 aliphatic rings. The summed E-state index contributed by atoms with van der Waals surface area (Å²) in [5.74, 6) is 2.64.